The van der Waals surface area contributed by atoms with Crippen LogP contribution in [0.15, 0.2) is 0 Å². The van der Waals surface area contributed by atoms with Crippen LogP contribution in [0.25, 0.3) is 0 Å². The zero-order valence-corrected chi connectivity index (χ0v) is 68.2. The van der Waals surface area contributed by atoms with Gasteiger partial charge >= 0.3 is 39.5 Å². The van der Waals surface area contributed by atoms with E-state index >= 15 is 0 Å². The van der Waals surface area contributed by atoms with Crippen molar-refractivity contribution in [2.45, 2.75) is 446 Å². The van der Waals surface area contributed by atoms with Crippen LogP contribution in [0.3, 0.4) is 0 Å². The Morgan fingerprint density at radius 2 is 0.505 bits per heavy atom. The average Bonchev–Trinajstić information content (AvgIpc) is 0.944. The number of esters is 4. The number of phosphoric acid groups is 2. The molecule has 0 spiro atoms. The molecule has 0 fully saturated rings. The van der Waals surface area contributed by atoms with Gasteiger partial charge in [0.1, 0.15) is 19.3 Å². The molecule has 17 nitrogen and oxygen atoms in total. The number of aliphatic hydroxyl groups excluding tert-OH is 1. The Morgan fingerprint density at radius 1 is 0.287 bits per heavy atom. The Morgan fingerprint density at radius 3 is 0.752 bits per heavy atom. The van der Waals surface area contributed by atoms with Gasteiger partial charge in [0.15, 0.2) is 12.2 Å². The third-order valence-corrected chi connectivity index (χ3v) is 21.4. The molecule has 0 heterocycles. The quantitative estimate of drug-likeness (QED) is 0.0222. The van der Waals surface area contributed by atoms with Gasteiger partial charge in [-0.1, -0.05) is 376 Å². The summed E-state index contributed by atoms with van der Waals surface area (Å²) < 4.78 is 68.8. The van der Waals surface area contributed by atoms with Crippen molar-refractivity contribution >= 4 is 39.5 Å². The van der Waals surface area contributed by atoms with Crippen LogP contribution in [0, 0.1) is 17.8 Å². The summed E-state index contributed by atoms with van der Waals surface area (Å²) in [5.74, 6) is 0.260. The monoisotopic (exact) mass is 1480 g/mol. The first-order valence-corrected chi connectivity index (χ1v) is 45.4. The number of hydrogen-bond donors (Lipinski definition) is 3. The van der Waals surface area contributed by atoms with Crippen LogP contribution in [-0.4, -0.2) is 96.7 Å². The molecule has 0 amide bonds. The Balaban J connectivity index is 5.24. The molecule has 3 N–H and O–H groups in total. The molecule has 0 aromatic rings. The van der Waals surface area contributed by atoms with E-state index in [1.807, 2.05) is 0 Å². The van der Waals surface area contributed by atoms with E-state index in [1.165, 1.54) is 238 Å². The number of phosphoric ester groups is 2. The van der Waals surface area contributed by atoms with Gasteiger partial charge in [-0.3, -0.25) is 37.3 Å². The van der Waals surface area contributed by atoms with E-state index < -0.39 is 97.5 Å². The van der Waals surface area contributed by atoms with Gasteiger partial charge in [0.2, 0.25) is 0 Å². The predicted molar refractivity (Wildman–Crippen MR) is 414 cm³/mol. The standard InChI is InChI=1S/C82H160O17P2/c1-8-10-11-12-13-14-15-16-24-29-35-44-51-58-65-81(86)99-78(70-93-80(85)64-57-50-43-38-37-41-48-55-62-75(7)9-2)72-97-101(90,91)95-68-76(83)67-94-100(88,89)96-71-77(69-92-79(84)63-56-49-42-34-31-26-28-33-40-47-54-61-74(5)6)98-82(87)66-59-52-45-36-30-25-22-20-18-17-19-21-23-27-32-39-46-53-60-73(3)4/h73-78,83H,8-72H2,1-7H3,(H,88,89)(H,90,91)/t75?,76-,77-,78-/m1/s1. The third kappa shape index (κ3) is 74.7. The van der Waals surface area contributed by atoms with Gasteiger partial charge in [0, 0.05) is 25.7 Å². The summed E-state index contributed by atoms with van der Waals surface area (Å²) in [6.45, 7) is 12.0. The zero-order chi connectivity index (χ0) is 74.4. The summed E-state index contributed by atoms with van der Waals surface area (Å²) in [7, 11) is -9.92. The summed E-state index contributed by atoms with van der Waals surface area (Å²) in [4.78, 5) is 73.1. The maximum Gasteiger partial charge on any atom is 0.472 e. The first-order valence-electron chi connectivity index (χ1n) is 42.4. The van der Waals surface area contributed by atoms with Crippen molar-refractivity contribution in [3.05, 3.63) is 0 Å². The fourth-order valence-corrected chi connectivity index (χ4v) is 14.2. The second kappa shape index (κ2) is 72.3. The Labute approximate surface area is 619 Å². The summed E-state index contributed by atoms with van der Waals surface area (Å²) in [5, 5.41) is 10.7. The van der Waals surface area contributed by atoms with Crippen molar-refractivity contribution in [2.75, 3.05) is 39.6 Å². The number of ether oxygens (including phenoxy) is 4. The van der Waals surface area contributed by atoms with Crippen LogP contribution >= 0.6 is 15.6 Å². The number of carbonyl (C=O) groups is 4. The molecular formula is C82H160O17P2. The number of hydrogen-bond acceptors (Lipinski definition) is 15. The minimum atomic E-state index is -4.96. The fourth-order valence-electron chi connectivity index (χ4n) is 12.6. The normalized spacial score (nSPS) is 14.2. The number of aliphatic hydroxyl groups is 1. The Hall–Kier alpha value is -1.94. The van der Waals surface area contributed by atoms with Gasteiger partial charge in [-0.15, -0.1) is 0 Å². The predicted octanol–water partition coefficient (Wildman–Crippen LogP) is 24.5. The molecule has 0 aromatic heterocycles. The lowest BCUT2D eigenvalue weighted by Crippen LogP contribution is -2.30. The molecule has 0 aromatic carbocycles. The molecule has 101 heavy (non-hydrogen) atoms. The highest BCUT2D eigenvalue weighted by atomic mass is 31.2. The van der Waals surface area contributed by atoms with Crippen molar-refractivity contribution in [1.82, 2.24) is 0 Å². The average molecular weight is 1480 g/mol. The molecule has 0 rings (SSSR count). The first-order chi connectivity index (χ1) is 48.8. The van der Waals surface area contributed by atoms with Gasteiger partial charge in [-0.05, 0) is 43.4 Å². The van der Waals surface area contributed by atoms with Gasteiger partial charge in [0.05, 0.1) is 26.4 Å². The fraction of sp³-hybridized carbons (Fsp3) is 0.951. The zero-order valence-electron chi connectivity index (χ0n) is 66.4. The van der Waals surface area contributed by atoms with Crippen molar-refractivity contribution in [2.24, 2.45) is 17.8 Å². The van der Waals surface area contributed by atoms with Gasteiger partial charge < -0.3 is 33.8 Å². The SMILES string of the molecule is CCCCCCCCCCCCCCCCC(=O)O[C@H](COC(=O)CCCCCCCCCCC(C)CC)COP(=O)(O)OC[C@H](O)COP(=O)(O)OC[C@@H](COC(=O)CCCCCCCCCCCCCC(C)C)OC(=O)CCCCCCCCCCCCCCCCCCCCC(C)C. The van der Waals surface area contributed by atoms with Gasteiger partial charge in [-0.2, -0.15) is 0 Å². The highest BCUT2D eigenvalue weighted by molar-refractivity contribution is 7.47. The second-order valence-corrected chi connectivity index (χ2v) is 33.6. The Bertz CT molecular complexity index is 1960. The van der Waals surface area contributed by atoms with E-state index in [0.29, 0.717) is 25.7 Å². The van der Waals surface area contributed by atoms with E-state index in [2.05, 4.69) is 48.5 Å². The van der Waals surface area contributed by atoms with Crippen LogP contribution in [0.1, 0.15) is 427 Å². The molecule has 19 heteroatoms. The van der Waals surface area contributed by atoms with Crippen LogP contribution in [0.2, 0.25) is 0 Å². The highest BCUT2D eigenvalue weighted by Gasteiger charge is 2.30. The lowest BCUT2D eigenvalue weighted by Gasteiger charge is -2.21. The van der Waals surface area contributed by atoms with Crippen LogP contribution < -0.4 is 0 Å². The number of rotatable bonds is 80. The van der Waals surface area contributed by atoms with E-state index in [4.69, 9.17) is 37.0 Å². The topological polar surface area (TPSA) is 237 Å². The summed E-state index contributed by atoms with van der Waals surface area (Å²) >= 11 is 0. The van der Waals surface area contributed by atoms with Gasteiger partial charge in [0.25, 0.3) is 0 Å². The van der Waals surface area contributed by atoms with Crippen LogP contribution in [0.5, 0.6) is 0 Å². The molecule has 0 saturated heterocycles. The summed E-state index contributed by atoms with van der Waals surface area (Å²) in [6, 6.07) is 0. The molecule has 6 atom stereocenters. The molecule has 0 saturated carbocycles. The minimum Gasteiger partial charge on any atom is -0.462 e. The molecule has 0 aliphatic heterocycles. The maximum absolute atomic E-state index is 13.1. The molecule has 0 aliphatic carbocycles. The molecule has 0 bridgehead atoms. The molecular weight excluding hydrogens is 1320 g/mol. The van der Waals surface area contributed by atoms with Crippen LogP contribution in [0.4, 0.5) is 0 Å². The lowest BCUT2D eigenvalue weighted by atomic mass is 9.99. The molecule has 3 unspecified atom stereocenters. The molecule has 600 valence electrons. The van der Waals surface area contributed by atoms with Crippen molar-refractivity contribution in [3.8, 4) is 0 Å². The lowest BCUT2D eigenvalue weighted by molar-refractivity contribution is -0.161. The molecule has 0 radical (unpaired) electrons. The van der Waals surface area contributed by atoms with E-state index in [9.17, 15) is 43.2 Å². The van der Waals surface area contributed by atoms with Crippen molar-refractivity contribution < 1.29 is 80.2 Å². The van der Waals surface area contributed by atoms with Crippen LogP contribution in [-0.2, 0) is 65.4 Å². The summed E-state index contributed by atoms with van der Waals surface area (Å²) in [5.41, 5.74) is 0. The summed E-state index contributed by atoms with van der Waals surface area (Å²) in [6.07, 6.45) is 60.9. The number of carbonyl (C=O) groups excluding carboxylic acids is 4. The third-order valence-electron chi connectivity index (χ3n) is 19.5. The van der Waals surface area contributed by atoms with E-state index in [-0.39, 0.29) is 25.7 Å². The smallest absolute Gasteiger partial charge is 0.462 e. The number of unbranched alkanes of at least 4 members (excludes halogenated alkanes) is 47. The Kier molecular flexibility index (Phi) is 70.9. The van der Waals surface area contributed by atoms with Gasteiger partial charge in [-0.25, -0.2) is 9.13 Å². The van der Waals surface area contributed by atoms with E-state index in [0.717, 1.165) is 108 Å². The second-order valence-electron chi connectivity index (χ2n) is 30.7. The molecule has 0 aliphatic rings. The maximum atomic E-state index is 13.1. The largest absolute Gasteiger partial charge is 0.472 e. The van der Waals surface area contributed by atoms with Crippen molar-refractivity contribution in [1.29, 1.82) is 0 Å². The highest BCUT2D eigenvalue weighted by Crippen LogP contribution is 2.45. The first kappa shape index (κ1) is 99.1. The van der Waals surface area contributed by atoms with E-state index in [1.54, 1.807) is 0 Å². The minimum absolute atomic E-state index is 0.107. The van der Waals surface area contributed by atoms with Crippen molar-refractivity contribution in [3.63, 3.8) is 0 Å².